The average Bonchev–Trinajstić information content (AvgIpc) is 2.25. The number of hydrogen-bond acceptors (Lipinski definition) is 2. The Kier molecular flexibility index (Phi) is 5.76. The van der Waals surface area contributed by atoms with Crippen LogP contribution in [0.1, 0.15) is 11.1 Å². The Morgan fingerprint density at radius 2 is 2.00 bits per heavy atom. The molecule has 1 aromatic rings. The van der Waals surface area contributed by atoms with E-state index in [0.29, 0.717) is 0 Å². The Labute approximate surface area is 112 Å². The third-order valence-electron chi connectivity index (χ3n) is 2.85. The number of hydrogen-bond donors (Lipinski definition) is 1. The minimum Gasteiger partial charge on any atom is -0.314 e. The van der Waals surface area contributed by atoms with Crippen molar-refractivity contribution in [3.63, 3.8) is 0 Å². The molecule has 90 valence electrons. The van der Waals surface area contributed by atoms with Crippen LogP contribution in [0.25, 0.3) is 0 Å². The van der Waals surface area contributed by atoms with Crippen LogP contribution in [0.5, 0.6) is 0 Å². The average molecular weight is 306 g/mol. The van der Waals surface area contributed by atoms with E-state index in [0.717, 1.165) is 32.7 Å². The third-order valence-corrected chi connectivity index (χ3v) is 3.71. The Morgan fingerprint density at radius 3 is 2.62 bits per heavy atom. The summed E-state index contributed by atoms with van der Waals surface area (Å²) in [4.78, 5) is 2.49. The molecule has 2 rings (SSSR count). The van der Waals surface area contributed by atoms with Crippen LogP contribution >= 0.6 is 28.3 Å². The molecule has 0 atom stereocenters. The van der Waals surface area contributed by atoms with Crippen molar-refractivity contribution in [1.29, 1.82) is 0 Å². The molecule has 0 unspecified atom stereocenters. The van der Waals surface area contributed by atoms with Gasteiger partial charge in [0, 0.05) is 37.2 Å². The summed E-state index contributed by atoms with van der Waals surface area (Å²) in [6.45, 7) is 7.75. The molecule has 1 aromatic carbocycles. The summed E-state index contributed by atoms with van der Waals surface area (Å²) >= 11 is 3.58. The lowest BCUT2D eigenvalue weighted by Gasteiger charge is -2.27. The molecule has 2 nitrogen and oxygen atoms in total. The maximum absolute atomic E-state index is 3.58. The van der Waals surface area contributed by atoms with Gasteiger partial charge in [-0.25, -0.2) is 0 Å². The van der Waals surface area contributed by atoms with E-state index in [1.54, 1.807) is 0 Å². The molecule has 1 heterocycles. The van der Waals surface area contributed by atoms with Crippen molar-refractivity contribution in [2.45, 2.75) is 13.5 Å². The first kappa shape index (κ1) is 14.0. The lowest BCUT2D eigenvalue weighted by molar-refractivity contribution is 0.233. The number of rotatable bonds is 2. The molecular weight excluding hydrogens is 288 g/mol. The maximum atomic E-state index is 3.58. The fourth-order valence-corrected chi connectivity index (χ4v) is 2.29. The smallest absolute Gasteiger partial charge is 0.0235 e. The van der Waals surface area contributed by atoms with Crippen LogP contribution < -0.4 is 5.32 Å². The Hall–Kier alpha value is -0.0900. The van der Waals surface area contributed by atoms with Crippen molar-refractivity contribution in [1.82, 2.24) is 10.2 Å². The second-order valence-electron chi connectivity index (χ2n) is 4.11. The lowest BCUT2D eigenvalue weighted by atomic mass is 10.1. The van der Waals surface area contributed by atoms with Crippen molar-refractivity contribution in [2.24, 2.45) is 0 Å². The summed E-state index contributed by atoms with van der Waals surface area (Å²) in [5.41, 5.74) is 2.70. The fourth-order valence-electron chi connectivity index (χ4n) is 1.86. The lowest BCUT2D eigenvalue weighted by Crippen LogP contribution is -2.42. The number of halogens is 2. The van der Waals surface area contributed by atoms with Crippen LogP contribution in [-0.2, 0) is 6.54 Å². The van der Waals surface area contributed by atoms with Gasteiger partial charge >= 0.3 is 0 Å². The van der Waals surface area contributed by atoms with Crippen molar-refractivity contribution >= 4 is 28.3 Å². The van der Waals surface area contributed by atoms with E-state index in [-0.39, 0.29) is 12.4 Å². The van der Waals surface area contributed by atoms with Gasteiger partial charge in [-0.05, 0) is 24.1 Å². The highest BCUT2D eigenvalue weighted by molar-refractivity contribution is 9.10. The molecule has 16 heavy (non-hydrogen) atoms. The predicted molar refractivity (Wildman–Crippen MR) is 74.3 cm³/mol. The zero-order valence-corrected chi connectivity index (χ0v) is 11.9. The van der Waals surface area contributed by atoms with E-state index in [4.69, 9.17) is 0 Å². The topological polar surface area (TPSA) is 15.3 Å². The molecule has 0 amide bonds. The highest BCUT2D eigenvalue weighted by Gasteiger charge is 2.09. The minimum atomic E-state index is 0. The van der Waals surface area contributed by atoms with Crippen LogP contribution in [-0.4, -0.2) is 31.1 Å². The van der Waals surface area contributed by atoms with Crippen LogP contribution in [0, 0.1) is 6.92 Å². The molecule has 1 aliphatic heterocycles. The summed E-state index contributed by atoms with van der Waals surface area (Å²) < 4.78 is 1.22. The van der Waals surface area contributed by atoms with E-state index in [1.165, 1.54) is 15.6 Å². The van der Waals surface area contributed by atoms with Gasteiger partial charge in [0.1, 0.15) is 0 Å². The SMILES string of the molecule is Cc1ccc(CN2CCNCC2)cc1Br.Cl. The highest BCUT2D eigenvalue weighted by atomic mass is 79.9. The second-order valence-corrected chi connectivity index (χ2v) is 4.96. The summed E-state index contributed by atoms with van der Waals surface area (Å²) in [6, 6.07) is 6.64. The molecular formula is C12H18BrClN2. The van der Waals surface area contributed by atoms with Gasteiger partial charge in [0.15, 0.2) is 0 Å². The molecule has 0 bridgehead atoms. The Bertz CT molecular complexity index is 338. The molecule has 0 saturated carbocycles. The third kappa shape index (κ3) is 3.74. The second kappa shape index (κ2) is 6.60. The molecule has 0 radical (unpaired) electrons. The molecule has 0 spiro atoms. The first-order valence-electron chi connectivity index (χ1n) is 5.44. The first-order valence-corrected chi connectivity index (χ1v) is 6.23. The molecule has 4 heteroatoms. The van der Waals surface area contributed by atoms with Gasteiger partial charge in [0.25, 0.3) is 0 Å². The quantitative estimate of drug-likeness (QED) is 0.903. The summed E-state index contributed by atoms with van der Waals surface area (Å²) in [5.74, 6) is 0. The summed E-state index contributed by atoms with van der Waals surface area (Å²) in [5, 5.41) is 3.37. The van der Waals surface area contributed by atoms with Gasteiger partial charge in [-0.15, -0.1) is 12.4 Å². The van der Waals surface area contributed by atoms with E-state index in [9.17, 15) is 0 Å². The maximum Gasteiger partial charge on any atom is 0.0235 e. The molecule has 0 aromatic heterocycles. The zero-order chi connectivity index (χ0) is 10.7. The van der Waals surface area contributed by atoms with E-state index < -0.39 is 0 Å². The van der Waals surface area contributed by atoms with Gasteiger partial charge in [-0.2, -0.15) is 0 Å². The monoisotopic (exact) mass is 304 g/mol. The highest BCUT2D eigenvalue weighted by Crippen LogP contribution is 2.18. The fraction of sp³-hybridized carbons (Fsp3) is 0.500. The van der Waals surface area contributed by atoms with Crippen molar-refractivity contribution in [3.8, 4) is 0 Å². The normalized spacial score (nSPS) is 16.9. The number of benzene rings is 1. The number of aryl methyl sites for hydroxylation is 1. The summed E-state index contributed by atoms with van der Waals surface area (Å²) in [6.07, 6.45) is 0. The molecule has 0 aliphatic carbocycles. The van der Waals surface area contributed by atoms with E-state index in [2.05, 4.69) is 51.3 Å². The first-order chi connectivity index (χ1) is 7.25. The Morgan fingerprint density at radius 1 is 1.31 bits per heavy atom. The van der Waals surface area contributed by atoms with Crippen LogP contribution in [0.3, 0.4) is 0 Å². The van der Waals surface area contributed by atoms with Gasteiger partial charge in [0.05, 0.1) is 0 Å². The van der Waals surface area contributed by atoms with Crippen molar-refractivity contribution < 1.29 is 0 Å². The number of piperazine rings is 1. The largest absolute Gasteiger partial charge is 0.314 e. The molecule has 1 N–H and O–H groups in total. The zero-order valence-electron chi connectivity index (χ0n) is 9.50. The number of nitrogens with one attached hydrogen (secondary N) is 1. The Balaban J connectivity index is 0.00000128. The van der Waals surface area contributed by atoms with Crippen LogP contribution in [0.2, 0.25) is 0 Å². The minimum absolute atomic E-state index is 0. The van der Waals surface area contributed by atoms with E-state index in [1.807, 2.05) is 0 Å². The van der Waals surface area contributed by atoms with Crippen molar-refractivity contribution in [2.75, 3.05) is 26.2 Å². The summed E-state index contributed by atoms with van der Waals surface area (Å²) in [7, 11) is 0. The number of nitrogens with zero attached hydrogens (tertiary/aromatic N) is 1. The standard InChI is InChI=1S/C12H17BrN2.ClH/c1-10-2-3-11(8-12(10)13)9-15-6-4-14-5-7-15;/h2-3,8,14H,4-7,9H2,1H3;1H. The van der Waals surface area contributed by atoms with Gasteiger partial charge in [-0.1, -0.05) is 28.1 Å². The van der Waals surface area contributed by atoms with Gasteiger partial charge in [-0.3, -0.25) is 4.90 Å². The molecule has 1 saturated heterocycles. The van der Waals surface area contributed by atoms with Gasteiger partial charge in [0.2, 0.25) is 0 Å². The van der Waals surface area contributed by atoms with Crippen LogP contribution in [0.15, 0.2) is 22.7 Å². The molecule has 1 aliphatic rings. The molecule has 1 fully saturated rings. The predicted octanol–water partition coefficient (Wildman–Crippen LogP) is 2.58. The van der Waals surface area contributed by atoms with Crippen LogP contribution in [0.4, 0.5) is 0 Å². The van der Waals surface area contributed by atoms with Gasteiger partial charge < -0.3 is 5.32 Å². The van der Waals surface area contributed by atoms with E-state index >= 15 is 0 Å². The van der Waals surface area contributed by atoms with Crippen molar-refractivity contribution in [3.05, 3.63) is 33.8 Å².